The molecule has 2 aromatic carbocycles. The Hall–Kier alpha value is -2.96. The van der Waals surface area contributed by atoms with Crippen LogP contribution in [-0.4, -0.2) is 54.1 Å². The first-order valence-corrected chi connectivity index (χ1v) is 16.5. The largest absolute Gasteiger partial charge is 0.487 e. The van der Waals surface area contributed by atoms with Crippen molar-refractivity contribution in [3.8, 4) is 5.75 Å². The maximum Gasteiger partial charge on any atom is 0.312 e. The average molecular weight is 613 g/mol. The molecule has 0 bridgehead atoms. The number of para-hydroxylation sites is 1. The number of methoxy groups -OCH3 is 1. The molecule has 1 aliphatic heterocycles. The van der Waals surface area contributed by atoms with Gasteiger partial charge in [-0.2, -0.15) is 4.31 Å². The van der Waals surface area contributed by atoms with Gasteiger partial charge < -0.3 is 9.47 Å². The Morgan fingerprint density at radius 3 is 2.64 bits per heavy atom. The summed E-state index contributed by atoms with van der Waals surface area (Å²) in [6.07, 6.45) is 0.545. The maximum atomic E-state index is 13.2. The smallest absolute Gasteiger partial charge is 0.312 e. The van der Waals surface area contributed by atoms with Gasteiger partial charge in [0.1, 0.15) is 22.3 Å². The van der Waals surface area contributed by atoms with Crippen LogP contribution in [0.5, 0.6) is 5.75 Å². The number of aryl methyl sites for hydroxylation is 3. The number of nitrogens with zero attached hydrogens (tertiary/aromatic N) is 4. The van der Waals surface area contributed by atoms with Crippen LogP contribution in [0, 0.1) is 19.3 Å². The summed E-state index contributed by atoms with van der Waals surface area (Å²) in [5.41, 5.74) is 3.82. The molecule has 0 spiro atoms. The van der Waals surface area contributed by atoms with E-state index in [1.165, 1.54) is 7.11 Å². The summed E-state index contributed by atoms with van der Waals surface area (Å²) in [7, 11) is -1.88. The van der Waals surface area contributed by atoms with E-state index in [1.807, 2.05) is 58.4 Å². The first-order chi connectivity index (χ1) is 19.9. The summed E-state index contributed by atoms with van der Waals surface area (Å²) >= 11 is 1.62. The van der Waals surface area contributed by atoms with E-state index >= 15 is 0 Å². The van der Waals surface area contributed by atoms with Crippen molar-refractivity contribution < 1.29 is 23.4 Å². The van der Waals surface area contributed by atoms with E-state index in [2.05, 4.69) is 22.4 Å². The highest BCUT2D eigenvalue weighted by Crippen LogP contribution is 2.58. The van der Waals surface area contributed by atoms with Crippen LogP contribution >= 0.6 is 22.1 Å². The van der Waals surface area contributed by atoms with Gasteiger partial charge in [-0.3, -0.25) is 13.9 Å². The molecule has 0 amide bonds. The predicted molar refractivity (Wildman–Crippen MR) is 167 cm³/mol. The number of ether oxygens (including phenoxy) is 2. The first-order valence-electron chi connectivity index (χ1n) is 14.2. The predicted octanol–water partition coefficient (Wildman–Crippen LogP) is 7.16. The fourth-order valence-corrected chi connectivity index (χ4v) is 8.84. The summed E-state index contributed by atoms with van der Waals surface area (Å²) in [4.78, 5) is 15.7. The standard InChI is InChI=1S/C31H40N4O5S2/c1-8-22-18-34(42(37,38)27-13-11-10-12-25(27)40-22)17-21-16-26(41-20(21)4)28(31(5,6)30(36)39-7)23-14-15-24-29(19(23)3)32-33-35(24)9-2/h10-16,22,28,37-38H,8-9,17-18H2,1-7H3/t22-,28?/m1/s1. The quantitative estimate of drug-likeness (QED) is 0.202. The summed E-state index contributed by atoms with van der Waals surface area (Å²) < 4.78 is 38.1. The molecule has 2 aromatic heterocycles. The van der Waals surface area contributed by atoms with Gasteiger partial charge in [0.2, 0.25) is 0 Å². The number of hydrogen-bond acceptors (Lipinski definition) is 9. The third-order valence-electron chi connectivity index (χ3n) is 8.36. The fourth-order valence-electron chi connectivity index (χ4n) is 5.87. The molecule has 1 aliphatic rings. The average Bonchev–Trinajstić information content (AvgIpc) is 3.53. The molecule has 0 saturated carbocycles. The molecule has 1 unspecified atom stereocenters. The van der Waals surface area contributed by atoms with Crippen LogP contribution in [0.2, 0.25) is 0 Å². The number of benzene rings is 2. The lowest BCUT2D eigenvalue weighted by molar-refractivity contribution is -0.151. The molecule has 0 radical (unpaired) electrons. The van der Waals surface area contributed by atoms with Crippen LogP contribution < -0.4 is 4.74 Å². The summed E-state index contributed by atoms with van der Waals surface area (Å²) in [6, 6.07) is 13.4. The molecule has 226 valence electrons. The monoisotopic (exact) mass is 612 g/mol. The Morgan fingerprint density at radius 1 is 1.21 bits per heavy atom. The van der Waals surface area contributed by atoms with Crippen molar-refractivity contribution in [1.82, 2.24) is 19.3 Å². The van der Waals surface area contributed by atoms with E-state index < -0.39 is 16.2 Å². The van der Waals surface area contributed by atoms with E-state index in [9.17, 15) is 13.9 Å². The second-order valence-electron chi connectivity index (χ2n) is 11.4. The van der Waals surface area contributed by atoms with Crippen molar-refractivity contribution in [2.45, 2.75) is 78.0 Å². The SMILES string of the molecule is CC[C@@H]1CN(Cc2cc(C(c3ccc4c(nnn4CC)c3C)C(C)(C)C(=O)OC)sc2C)S(O)(O)c2ccccc2O1. The molecule has 4 aromatic rings. The number of rotatable bonds is 8. The van der Waals surface area contributed by atoms with Crippen molar-refractivity contribution in [3.63, 3.8) is 0 Å². The topological polar surface area (TPSA) is 110 Å². The Bertz CT molecular complexity index is 1610. The highest BCUT2D eigenvalue weighted by molar-refractivity contribution is 8.22. The molecule has 2 atom stereocenters. The highest BCUT2D eigenvalue weighted by Gasteiger charge is 2.42. The number of carbonyl (C=O) groups excluding carboxylic acids is 1. The minimum Gasteiger partial charge on any atom is -0.487 e. The lowest BCUT2D eigenvalue weighted by Crippen LogP contribution is -2.34. The van der Waals surface area contributed by atoms with Crippen LogP contribution in [0.25, 0.3) is 11.0 Å². The molecule has 0 saturated heterocycles. The van der Waals surface area contributed by atoms with E-state index in [4.69, 9.17) is 9.47 Å². The zero-order chi connectivity index (χ0) is 30.4. The number of carbonyl (C=O) groups is 1. The van der Waals surface area contributed by atoms with E-state index in [0.717, 1.165) is 43.9 Å². The van der Waals surface area contributed by atoms with Gasteiger partial charge in [-0.25, -0.2) is 4.68 Å². The minimum atomic E-state index is -3.30. The van der Waals surface area contributed by atoms with Gasteiger partial charge in [0.05, 0.1) is 24.6 Å². The van der Waals surface area contributed by atoms with E-state index in [0.29, 0.717) is 30.3 Å². The van der Waals surface area contributed by atoms with Crippen LogP contribution in [0.15, 0.2) is 47.4 Å². The van der Waals surface area contributed by atoms with Gasteiger partial charge in [-0.1, -0.05) is 30.3 Å². The summed E-state index contributed by atoms with van der Waals surface area (Å²) in [6.45, 7) is 13.4. The van der Waals surface area contributed by atoms with Crippen molar-refractivity contribution in [1.29, 1.82) is 0 Å². The fraction of sp³-hybridized carbons (Fsp3) is 0.452. The van der Waals surface area contributed by atoms with Crippen LogP contribution in [-0.2, 0) is 22.6 Å². The van der Waals surface area contributed by atoms with Gasteiger partial charge in [0, 0.05) is 28.8 Å². The maximum absolute atomic E-state index is 13.2. The lowest BCUT2D eigenvalue weighted by atomic mass is 9.72. The molecule has 5 rings (SSSR count). The number of aromatic nitrogens is 3. The third kappa shape index (κ3) is 5.22. The third-order valence-corrected chi connectivity index (χ3v) is 11.4. The number of thiophene rings is 1. The zero-order valence-electron chi connectivity index (χ0n) is 25.2. The molecule has 42 heavy (non-hydrogen) atoms. The number of esters is 1. The second-order valence-corrected chi connectivity index (χ2v) is 14.6. The molecule has 0 aliphatic carbocycles. The first kappa shape index (κ1) is 30.5. The van der Waals surface area contributed by atoms with Crippen LogP contribution in [0.1, 0.15) is 66.5 Å². The molecule has 0 fully saturated rings. The number of hydrogen-bond donors (Lipinski definition) is 2. The Balaban J connectivity index is 1.59. The highest BCUT2D eigenvalue weighted by atomic mass is 32.3. The van der Waals surface area contributed by atoms with Crippen molar-refractivity contribution in [3.05, 3.63) is 68.9 Å². The second kappa shape index (κ2) is 11.6. The van der Waals surface area contributed by atoms with Gasteiger partial charge in [0.25, 0.3) is 0 Å². The zero-order valence-corrected chi connectivity index (χ0v) is 26.9. The molecular formula is C31H40N4O5S2. The molecule has 11 heteroatoms. The minimum absolute atomic E-state index is 0.185. The molecule has 3 heterocycles. The van der Waals surface area contributed by atoms with Gasteiger partial charge in [0.15, 0.2) is 0 Å². The lowest BCUT2D eigenvalue weighted by Gasteiger charge is -2.41. The van der Waals surface area contributed by atoms with Crippen molar-refractivity contribution in [2.75, 3.05) is 13.7 Å². The van der Waals surface area contributed by atoms with E-state index in [1.54, 1.807) is 33.8 Å². The molecular weight excluding hydrogens is 572 g/mol. The molecule has 2 N–H and O–H groups in total. The van der Waals surface area contributed by atoms with Crippen molar-refractivity contribution >= 4 is 39.1 Å². The van der Waals surface area contributed by atoms with Gasteiger partial charge in [-0.05, 0) is 82.0 Å². The summed E-state index contributed by atoms with van der Waals surface area (Å²) in [5, 5.41) is 8.77. The Morgan fingerprint density at radius 2 is 1.95 bits per heavy atom. The Kier molecular flexibility index (Phi) is 8.43. The van der Waals surface area contributed by atoms with Gasteiger partial charge in [-0.15, -0.1) is 27.2 Å². The number of fused-ring (bicyclic) bond motifs is 2. The van der Waals surface area contributed by atoms with Crippen LogP contribution in [0.4, 0.5) is 0 Å². The molecule has 9 nitrogen and oxygen atoms in total. The van der Waals surface area contributed by atoms with E-state index in [-0.39, 0.29) is 18.0 Å². The van der Waals surface area contributed by atoms with Crippen LogP contribution in [0.3, 0.4) is 0 Å². The Labute approximate surface area is 252 Å². The summed E-state index contributed by atoms with van der Waals surface area (Å²) in [5.74, 6) is -0.117. The normalized spacial score (nSPS) is 18.6. The van der Waals surface area contributed by atoms with Crippen molar-refractivity contribution in [2.24, 2.45) is 5.41 Å². The van der Waals surface area contributed by atoms with Gasteiger partial charge >= 0.3 is 5.97 Å².